The molecular formula is C20H21F4NO3. The Morgan fingerprint density at radius 1 is 1.21 bits per heavy atom. The average molecular weight is 399 g/mol. The Balaban J connectivity index is 2.70. The Kier molecular flexibility index (Phi) is 6.66. The maximum atomic E-state index is 14.8. The summed E-state index contributed by atoms with van der Waals surface area (Å²) in [4.78, 5) is 11.7. The highest BCUT2D eigenvalue weighted by Gasteiger charge is 2.35. The predicted octanol–water partition coefficient (Wildman–Crippen LogP) is 4.78. The standard InChI is InChI=1S/C20H21F4NO3/c1-4-28-16(26)10-15(25)17-18(21)11(2)9-13(19(17)27-3)12-7-5-6-8-14(12)20(22,23)24/h5-9,15H,4,10,25H2,1-3H3. The largest absolute Gasteiger partial charge is 0.496 e. The van der Waals surface area contributed by atoms with E-state index in [1.807, 2.05) is 0 Å². The van der Waals surface area contributed by atoms with Gasteiger partial charge in [0.2, 0.25) is 0 Å². The molecule has 0 aliphatic rings. The second-order valence-electron chi connectivity index (χ2n) is 6.16. The van der Waals surface area contributed by atoms with Crippen molar-refractivity contribution in [3.8, 4) is 16.9 Å². The van der Waals surface area contributed by atoms with Crippen LogP contribution in [0.2, 0.25) is 0 Å². The second kappa shape index (κ2) is 8.60. The lowest BCUT2D eigenvalue weighted by Crippen LogP contribution is -2.20. The molecular weight excluding hydrogens is 378 g/mol. The number of hydrogen-bond donors (Lipinski definition) is 1. The number of hydrogen-bond acceptors (Lipinski definition) is 4. The summed E-state index contributed by atoms with van der Waals surface area (Å²) in [5.74, 6) is -1.52. The first kappa shape index (κ1) is 21.7. The molecule has 4 nitrogen and oxygen atoms in total. The van der Waals surface area contributed by atoms with Crippen LogP contribution in [0.3, 0.4) is 0 Å². The van der Waals surface area contributed by atoms with E-state index in [0.717, 1.165) is 6.07 Å². The fourth-order valence-electron chi connectivity index (χ4n) is 3.02. The van der Waals surface area contributed by atoms with Gasteiger partial charge in [-0.15, -0.1) is 0 Å². The zero-order chi connectivity index (χ0) is 21.1. The molecule has 8 heteroatoms. The number of aryl methyl sites for hydroxylation is 1. The number of methoxy groups -OCH3 is 1. The van der Waals surface area contributed by atoms with Crippen LogP contribution in [0.4, 0.5) is 17.6 Å². The molecule has 2 aromatic rings. The maximum Gasteiger partial charge on any atom is 0.417 e. The molecule has 0 fully saturated rings. The number of ether oxygens (including phenoxy) is 2. The van der Waals surface area contributed by atoms with Gasteiger partial charge in [-0.05, 0) is 37.1 Å². The summed E-state index contributed by atoms with van der Waals surface area (Å²) in [6, 6.07) is 5.05. The predicted molar refractivity (Wildman–Crippen MR) is 96.3 cm³/mol. The second-order valence-corrected chi connectivity index (χ2v) is 6.16. The van der Waals surface area contributed by atoms with E-state index >= 15 is 0 Å². The minimum atomic E-state index is -4.61. The molecule has 152 valence electrons. The molecule has 0 bridgehead atoms. The Hall–Kier alpha value is -2.61. The van der Waals surface area contributed by atoms with Crippen molar-refractivity contribution in [2.75, 3.05) is 13.7 Å². The van der Waals surface area contributed by atoms with Crippen molar-refractivity contribution < 1.29 is 31.8 Å². The molecule has 0 aliphatic heterocycles. The van der Waals surface area contributed by atoms with E-state index in [1.54, 1.807) is 6.92 Å². The Morgan fingerprint density at radius 3 is 2.43 bits per heavy atom. The van der Waals surface area contributed by atoms with Crippen molar-refractivity contribution in [2.45, 2.75) is 32.5 Å². The van der Waals surface area contributed by atoms with Crippen molar-refractivity contribution in [2.24, 2.45) is 5.73 Å². The van der Waals surface area contributed by atoms with Crippen LogP contribution in [0.1, 0.15) is 36.1 Å². The van der Waals surface area contributed by atoms with E-state index in [9.17, 15) is 22.4 Å². The molecule has 1 atom stereocenters. The van der Waals surface area contributed by atoms with Gasteiger partial charge >= 0.3 is 12.1 Å². The van der Waals surface area contributed by atoms with Crippen LogP contribution in [-0.2, 0) is 15.7 Å². The summed E-state index contributed by atoms with van der Waals surface area (Å²) in [5.41, 5.74) is 4.91. The van der Waals surface area contributed by atoms with E-state index in [-0.39, 0.29) is 41.0 Å². The minimum Gasteiger partial charge on any atom is -0.496 e. The minimum absolute atomic E-state index is 0.0450. The van der Waals surface area contributed by atoms with Gasteiger partial charge in [-0.2, -0.15) is 13.2 Å². The van der Waals surface area contributed by atoms with E-state index in [0.29, 0.717) is 0 Å². The van der Waals surface area contributed by atoms with Gasteiger partial charge in [-0.25, -0.2) is 4.39 Å². The zero-order valence-corrected chi connectivity index (χ0v) is 15.7. The first-order valence-electron chi connectivity index (χ1n) is 8.56. The summed E-state index contributed by atoms with van der Waals surface area (Å²) < 4.78 is 65.3. The van der Waals surface area contributed by atoms with Crippen LogP contribution in [0.25, 0.3) is 11.1 Å². The van der Waals surface area contributed by atoms with Crippen molar-refractivity contribution in [3.63, 3.8) is 0 Å². The van der Waals surface area contributed by atoms with E-state index in [4.69, 9.17) is 15.2 Å². The molecule has 0 spiro atoms. The van der Waals surface area contributed by atoms with Crippen LogP contribution in [0.15, 0.2) is 30.3 Å². The van der Waals surface area contributed by atoms with Crippen LogP contribution in [-0.4, -0.2) is 19.7 Å². The average Bonchev–Trinajstić information content (AvgIpc) is 2.62. The zero-order valence-electron chi connectivity index (χ0n) is 15.7. The first-order chi connectivity index (χ1) is 13.1. The van der Waals surface area contributed by atoms with Gasteiger partial charge in [0, 0.05) is 17.2 Å². The third kappa shape index (κ3) is 4.44. The van der Waals surface area contributed by atoms with Crippen LogP contribution < -0.4 is 10.5 Å². The highest BCUT2D eigenvalue weighted by atomic mass is 19.4. The normalized spacial score (nSPS) is 12.6. The van der Waals surface area contributed by atoms with Gasteiger partial charge in [0.15, 0.2) is 0 Å². The third-order valence-corrected chi connectivity index (χ3v) is 4.22. The Bertz CT molecular complexity index is 865. The molecule has 28 heavy (non-hydrogen) atoms. The third-order valence-electron chi connectivity index (χ3n) is 4.22. The lowest BCUT2D eigenvalue weighted by Gasteiger charge is -2.22. The maximum absolute atomic E-state index is 14.8. The summed E-state index contributed by atoms with van der Waals surface area (Å²) in [5, 5.41) is 0. The number of nitrogens with two attached hydrogens (primary N) is 1. The topological polar surface area (TPSA) is 61.5 Å². The monoisotopic (exact) mass is 399 g/mol. The fourth-order valence-corrected chi connectivity index (χ4v) is 3.02. The van der Waals surface area contributed by atoms with Crippen molar-refractivity contribution in [1.82, 2.24) is 0 Å². The van der Waals surface area contributed by atoms with Crippen molar-refractivity contribution in [1.29, 1.82) is 0 Å². The van der Waals surface area contributed by atoms with Crippen LogP contribution in [0.5, 0.6) is 5.75 Å². The van der Waals surface area contributed by atoms with Gasteiger partial charge in [-0.1, -0.05) is 18.2 Å². The molecule has 0 amide bonds. The number of carbonyl (C=O) groups excluding carboxylic acids is 1. The van der Waals surface area contributed by atoms with E-state index < -0.39 is 29.6 Å². The molecule has 0 aliphatic carbocycles. The molecule has 0 saturated carbocycles. The SMILES string of the molecule is CCOC(=O)CC(N)c1c(F)c(C)cc(-c2ccccc2C(F)(F)F)c1OC. The summed E-state index contributed by atoms with van der Waals surface area (Å²) in [6.07, 6.45) is -4.96. The van der Waals surface area contributed by atoms with Gasteiger partial charge in [0.1, 0.15) is 11.6 Å². The van der Waals surface area contributed by atoms with Crippen molar-refractivity contribution >= 4 is 5.97 Å². The first-order valence-corrected chi connectivity index (χ1v) is 8.56. The summed E-state index contributed by atoms with van der Waals surface area (Å²) in [6.45, 7) is 3.15. The van der Waals surface area contributed by atoms with Gasteiger partial charge in [0.05, 0.1) is 25.7 Å². The van der Waals surface area contributed by atoms with E-state index in [2.05, 4.69) is 0 Å². The fraction of sp³-hybridized carbons (Fsp3) is 0.350. The van der Waals surface area contributed by atoms with E-state index in [1.165, 1.54) is 38.3 Å². The molecule has 2 rings (SSSR count). The van der Waals surface area contributed by atoms with Gasteiger partial charge in [0.25, 0.3) is 0 Å². The van der Waals surface area contributed by atoms with Crippen LogP contribution >= 0.6 is 0 Å². The molecule has 1 unspecified atom stereocenters. The highest BCUT2D eigenvalue weighted by Crippen LogP contribution is 2.44. The molecule has 2 N–H and O–H groups in total. The Morgan fingerprint density at radius 2 is 1.86 bits per heavy atom. The summed E-state index contributed by atoms with van der Waals surface area (Å²) in [7, 11) is 1.21. The number of esters is 1. The van der Waals surface area contributed by atoms with Crippen molar-refractivity contribution in [3.05, 3.63) is 52.8 Å². The number of benzene rings is 2. The highest BCUT2D eigenvalue weighted by molar-refractivity contribution is 5.77. The molecule has 0 radical (unpaired) electrons. The smallest absolute Gasteiger partial charge is 0.417 e. The summed E-state index contributed by atoms with van der Waals surface area (Å²) >= 11 is 0. The lowest BCUT2D eigenvalue weighted by molar-refractivity contribution is -0.143. The molecule has 0 saturated heterocycles. The molecule has 2 aromatic carbocycles. The quantitative estimate of drug-likeness (QED) is 0.561. The number of carbonyl (C=O) groups is 1. The van der Waals surface area contributed by atoms with Gasteiger partial charge in [-0.3, -0.25) is 4.79 Å². The number of halogens is 4. The lowest BCUT2D eigenvalue weighted by atomic mass is 9.91. The molecule has 0 aromatic heterocycles. The van der Waals surface area contributed by atoms with Gasteiger partial charge < -0.3 is 15.2 Å². The number of rotatable bonds is 6. The van der Waals surface area contributed by atoms with Crippen LogP contribution in [0, 0.1) is 12.7 Å². The molecule has 0 heterocycles. The number of alkyl halides is 3. The Labute approximate surface area is 160 Å².